The Labute approximate surface area is 142 Å². The molecular formula is C14H18BrClN4S. The van der Waals surface area contributed by atoms with Crippen LogP contribution >= 0.6 is 39.3 Å². The quantitative estimate of drug-likeness (QED) is 0.427. The predicted molar refractivity (Wildman–Crippen MR) is 92.5 cm³/mol. The van der Waals surface area contributed by atoms with Gasteiger partial charge in [-0.15, -0.1) is 11.8 Å². The van der Waals surface area contributed by atoms with Gasteiger partial charge >= 0.3 is 0 Å². The molecule has 0 aliphatic rings. The molecule has 21 heavy (non-hydrogen) atoms. The van der Waals surface area contributed by atoms with Crippen molar-refractivity contribution in [2.24, 2.45) is 5.84 Å². The lowest BCUT2D eigenvalue weighted by atomic mass is 10.2. The minimum absolute atomic E-state index is 0.0115. The van der Waals surface area contributed by atoms with Gasteiger partial charge in [0.1, 0.15) is 0 Å². The van der Waals surface area contributed by atoms with Crippen molar-refractivity contribution in [1.82, 2.24) is 15.2 Å². The second-order valence-corrected chi connectivity index (χ2v) is 6.97. The number of hydrogen-bond acceptors (Lipinski definition) is 4. The second kappa shape index (κ2) is 8.19. The Bertz CT molecular complexity index is 590. The molecule has 1 unspecified atom stereocenters. The van der Waals surface area contributed by atoms with Crippen LogP contribution in [0.2, 0.25) is 5.02 Å². The monoisotopic (exact) mass is 388 g/mol. The van der Waals surface area contributed by atoms with E-state index in [4.69, 9.17) is 17.4 Å². The summed E-state index contributed by atoms with van der Waals surface area (Å²) in [5, 5.41) is 5.13. The summed E-state index contributed by atoms with van der Waals surface area (Å²) >= 11 is 11.3. The average molecular weight is 390 g/mol. The van der Waals surface area contributed by atoms with Crippen LogP contribution in [0.3, 0.4) is 0 Å². The number of nitrogens with two attached hydrogens (primary N) is 1. The van der Waals surface area contributed by atoms with E-state index in [1.807, 2.05) is 35.1 Å². The van der Waals surface area contributed by atoms with Crippen molar-refractivity contribution in [2.75, 3.05) is 5.75 Å². The van der Waals surface area contributed by atoms with E-state index in [2.05, 4.69) is 33.4 Å². The number of halogens is 2. The second-order valence-electron chi connectivity index (χ2n) is 4.59. The van der Waals surface area contributed by atoms with Crippen LogP contribution in [0.25, 0.3) is 0 Å². The number of rotatable bonds is 7. The maximum Gasteiger partial charge on any atom is 0.0734 e. The highest BCUT2D eigenvalue weighted by Crippen LogP contribution is 2.29. The van der Waals surface area contributed by atoms with Crippen molar-refractivity contribution in [3.05, 3.63) is 45.7 Å². The lowest BCUT2D eigenvalue weighted by Crippen LogP contribution is -2.31. The predicted octanol–water partition coefficient (Wildman–Crippen LogP) is 4.01. The van der Waals surface area contributed by atoms with E-state index in [1.54, 1.807) is 11.8 Å². The highest BCUT2D eigenvalue weighted by Gasteiger charge is 2.19. The maximum absolute atomic E-state index is 6.01. The summed E-state index contributed by atoms with van der Waals surface area (Å²) in [6, 6.07) is 7.84. The summed E-state index contributed by atoms with van der Waals surface area (Å²) < 4.78 is 2.97. The number of hydrazine groups is 1. The molecule has 0 fully saturated rings. The Morgan fingerprint density at radius 1 is 1.52 bits per heavy atom. The Kier molecular flexibility index (Phi) is 6.57. The number of aromatic nitrogens is 2. The van der Waals surface area contributed by atoms with Gasteiger partial charge in [0.05, 0.1) is 22.4 Å². The molecule has 2 rings (SSSR count). The van der Waals surface area contributed by atoms with Crippen LogP contribution in [-0.4, -0.2) is 15.5 Å². The highest BCUT2D eigenvalue weighted by atomic mass is 79.9. The zero-order chi connectivity index (χ0) is 15.2. The molecule has 1 aromatic heterocycles. The maximum atomic E-state index is 6.01. The third kappa shape index (κ3) is 4.47. The average Bonchev–Trinajstić information content (AvgIpc) is 2.82. The molecule has 0 aliphatic heterocycles. The van der Waals surface area contributed by atoms with Gasteiger partial charge in [-0.3, -0.25) is 16.0 Å². The Morgan fingerprint density at radius 2 is 2.33 bits per heavy atom. The van der Waals surface area contributed by atoms with Gasteiger partial charge < -0.3 is 0 Å². The largest absolute Gasteiger partial charge is 0.271 e. The van der Waals surface area contributed by atoms with E-state index in [0.29, 0.717) is 0 Å². The van der Waals surface area contributed by atoms with Crippen LogP contribution in [0.1, 0.15) is 25.1 Å². The highest BCUT2D eigenvalue weighted by molar-refractivity contribution is 9.10. The summed E-state index contributed by atoms with van der Waals surface area (Å²) in [6.45, 7) is 3.01. The van der Waals surface area contributed by atoms with Crippen LogP contribution in [-0.2, 0) is 6.54 Å². The number of aryl methyl sites for hydroxylation is 1. The van der Waals surface area contributed by atoms with Gasteiger partial charge in [-0.1, -0.05) is 24.6 Å². The van der Waals surface area contributed by atoms with Gasteiger partial charge in [0.2, 0.25) is 0 Å². The lowest BCUT2D eigenvalue weighted by molar-refractivity contribution is 0.507. The fraction of sp³-hybridized carbons (Fsp3) is 0.357. The van der Waals surface area contributed by atoms with E-state index in [-0.39, 0.29) is 6.04 Å². The first-order valence-corrected chi connectivity index (χ1v) is 8.87. The molecule has 1 aromatic carbocycles. The van der Waals surface area contributed by atoms with E-state index in [0.717, 1.165) is 38.8 Å². The van der Waals surface area contributed by atoms with Crippen molar-refractivity contribution in [2.45, 2.75) is 30.8 Å². The van der Waals surface area contributed by atoms with E-state index in [9.17, 15) is 0 Å². The van der Waals surface area contributed by atoms with Gasteiger partial charge in [0, 0.05) is 22.2 Å². The number of thioether (sulfide) groups is 1. The first kappa shape index (κ1) is 16.8. The summed E-state index contributed by atoms with van der Waals surface area (Å²) in [6.07, 6.45) is 2.85. The van der Waals surface area contributed by atoms with Gasteiger partial charge in [-0.05, 0) is 40.5 Å². The molecule has 0 bridgehead atoms. The Morgan fingerprint density at radius 3 is 3.00 bits per heavy atom. The fourth-order valence-electron chi connectivity index (χ4n) is 2.05. The summed E-state index contributed by atoms with van der Waals surface area (Å²) in [4.78, 5) is 1.13. The first-order chi connectivity index (χ1) is 10.2. The molecule has 1 atom stereocenters. The third-order valence-electron chi connectivity index (χ3n) is 3.01. The normalized spacial score (nSPS) is 12.6. The van der Waals surface area contributed by atoms with E-state index >= 15 is 0 Å². The topological polar surface area (TPSA) is 55.9 Å². The van der Waals surface area contributed by atoms with Gasteiger partial charge in [-0.25, -0.2) is 0 Å². The number of hydrogen-bond donors (Lipinski definition) is 2. The van der Waals surface area contributed by atoms with Gasteiger partial charge in [-0.2, -0.15) is 5.10 Å². The molecule has 1 heterocycles. The van der Waals surface area contributed by atoms with Crippen LogP contribution in [0.5, 0.6) is 0 Å². The number of nitrogens with one attached hydrogen (secondary N) is 1. The fourth-order valence-corrected chi connectivity index (χ4v) is 3.88. The van der Waals surface area contributed by atoms with Crippen molar-refractivity contribution >= 4 is 39.3 Å². The van der Waals surface area contributed by atoms with Crippen LogP contribution < -0.4 is 11.3 Å². The number of nitrogens with zero attached hydrogens (tertiary/aromatic N) is 2. The molecule has 0 radical (unpaired) electrons. The molecule has 0 spiro atoms. The molecule has 0 saturated carbocycles. The van der Waals surface area contributed by atoms with Crippen molar-refractivity contribution in [3.8, 4) is 0 Å². The molecule has 0 amide bonds. The molecule has 2 aromatic rings. The summed E-state index contributed by atoms with van der Waals surface area (Å²) in [5.41, 5.74) is 3.96. The third-order valence-corrected chi connectivity index (χ3v) is 4.95. The van der Waals surface area contributed by atoms with Gasteiger partial charge in [0.25, 0.3) is 0 Å². The SMILES string of the molecule is CCCn1ncc(Br)c1C(CSc1cccc(Cl)c1)NN. The molecular weight excluding hydrogens is 372 g/mol. The van der Waals surface area contributed by atoms with Crippen LogP contribution in [0.15, 0.2) is 39.8 Å². The minimum atomic E-state index is 0.0115. The van der Waals surface area contributed by atoms with Crippen molar-refractivity contribution in [3.63, 3.8) is 0 Å². The lowest BCUT2D eigenvalue weighted by Gasteiger charge is -2.18. The summed E-state index contributed by atoms with van der Waals surface area (Å²) in [5.74, 6) is 6.54. The van der Waals surface area contributed by atoms with E-state index < -0.39 is 0 Å². The molecule has 7 heteroatoms. The Balaban J connectivity index is 2.11. The van der Waals surface area contributed by atoms with Crippen LogP contribution in [0.4, 0.5) is 0 Å². The van der Waals surface area contributed by atoms with Gasteiger partial charge in [0.15, 0.2) is 0 Å². The Hall–Kier alpha value is -0.530. The molecule has 4 nitrogen and oxygen atoms in total. The molecule has 3 N–H and O–H groups in total. The van der Waals surface area contributed by atoms with E-state index in [1.165, 1.54) is 0 Å². The van der Waals surface area contributed by atoms with Crippen LogP contribution in [0, 0.1) is 0 Å². The zero-order valence-corrected chi connectivity index (χ0v) is 14.9. The molecule has 0 saturated heterocycles. The van der Waals surface area contributed by atoms with Crippen molar-refractivity contribution < 1.29 is 0 Å². The smallest absolute Gasteiger partial charge is 0.0734 e. The number of benzene rings is 1. The minimum Gasteiger partial charge on any atom is -0.271 e. The standard InChI is InChI=1S/C14H18BrClN4S/c1-2-6-20-14(12(15)8-18-20)13(19-17)9-21-11-5-3-4-10(16)7-11/h3-5,7-8,13,19H,2,6,9,17H2,1H3. The molecule has 0 aliphatic carbocycles. The van der Waals surface area contributed by atoms with Crippen molar-refractivity contribution in [1.29, 1.82) is 0 Å². The summed E-state index contributed by atoms with van der Waals surface area (Å²) in [7, 11) is 0. The zero-order valence-electron chi connectivity index (χ0n) is 11.7. The first-order valence-electron chi connectivity index (χ1n) is 6.71. The molecule has 114 valence electrons.